The Bertz CT molecular complexity index is 1560. The molecule has 0 spiro atoms. The summed E-state index contributed by atoms with van der Waals surface area (Å²) in [6.07, 6.45) is 0.225. The van der Waals surface area contributed by atoms with Crippen LogP contribution in [0.5, 0.6) is 47.0 Å². The van der Waals surface area contributed by atoms with Crippen molar-refractivity contribution in [2.75, 3.05) is 69.2 Å². The van der Waals surface area contributed by atoms with Gasteiger partial charge in [0.15, 0.2) is 5.79 Å². The molecule has 2 atom stereocenters. The lowest BCUT2D eigenvalue weighted by Crippen LogP contribution is -2.34. The summed E-state index contributed by atoms with van der Waals surface area (Å²) in [6.45, 7) is 3.83. The molecular formula is C35H44N4O10P2. The van der Waals surface area contributed by atoms with Crippen molar-refractivity contribution in [3.8, 4) is 47.0 Å². The van der Waals surface area contributed by atoms with Crippen molar-refractivity contribution in [2.45, 2.75) is 31.8 Å². The van der Waals surface area contributed by atoms with Gasteiger partial charge in [-0.2, -0.15) is 19.9 Å². The zero-order valence-corrected chi connectivity index (χ0v) is 32.2. The topological polar surface area (TPSA) is 144 Å². The van der Waals surface area contributed by atoms with Gasteiger partial charge in [0.2, 0.25) is 47.0 Å². The molecule has 0 saturated carbocycles. The average Bonchev–Trinajstić information content (AvgIpc) is 3.46. The first kappa shape index (κ1) is 38.0. The molecule has 0 unspecified atom stereocenters. The highest BCUT2D eigenvalue weighted by Gasteiger charge is 2.45. The van der Waals surface area contributed by atoms with Gasteiger partial charge in [0.1, 0.15) is 0 Å². The molecule has 0 amide bonds. The maximum Gasteiger partial charge on any atom is 0.224 e. The van der Waals surface area contributed by atoms with Crippen LogP contribution in [0.1, 0.15) is 13.8 Å². The summed E-state index contributed by atoms with van der Waals surface area (Å²) in [6, 6.07) is 15.1. The predicted molar refractivity (Wildman–Crippen MR) is 195 cm³/mol. The average molecular weight is 743 g/mol. The van der Waals surface area contributed by atoms with Crippen molar-refractivity contribution in [2.24, 2.45) is 0 Å². The minimum atomic E-state index is -1.27. The molecule has 4 aromatic rings. The van der Waals surface area contributed by atoms with E-state index in [9.17, 15) is 0 Å². The Morgan fingerprint density at radius 3 is 0.922 bits per heavy atom. The lowest BCUT2D eigenvalue weighted by Gasteiger charge is -2.29. The third-order valence-electron chi connectivity index (χ3n) is 8.04. The number of hydrogen-bond donors (Lipinski definition) is 0. The van der Waals surface area contributed by atoms with E-state index in [0.717, 1.165) is 21.2 Å². The Hall–Kier alpha value is -4.22. The molecule has 1 saturated heterocycles. The van der Waals surface area contributed by atoms with E-state index in [0.29, 0.717) is 59.4 Å². The molecule has 0 aliphatic carbocycles. The molecule has 5 rings (SSSR count). The third kappa shape index (κ3) is 8.47. The largest absolute Gasteiger partial charge is 0.481 e. The van der Waals surface area contributed by atoms with Crippen molar-refractivity contribution in [1.29, 1.82) is 0 Å². The molecular weight excluding hydrogens is 698 g/mol. The smallest absolute Gasteiger partial charge is 0.224 e. The van der Waals surface area contributed by atoms with Gasteiger partial charge in [-0.15, -0.1) is 0 Å². The Balaban J connectivity index is 1.63. The Morgan fingerprint density at radius 1 is 0.451 bits per heavy atom. The van der Waals surface area contributed by atoms with Gasteiger partial charge in [-0.05, 0) is 54.0 Å². The first-order valence-corrected chi connectivity index (χ1v) is 18.9. The maximum atomic E-state index is 6.73. The van der Waals surface area contributed by atoms with E-state index in [4.69, 9.17) is 47.4 Å². The predicted octanol–water partition coefficient (Wildman–Crippen LogP) is 3.42. The van der Waals surface area contributed by atoms with Crippen molar-refractivity contribution < 1.29 is 47.4 Å². The molecule has 274 valence electrons. The van der Waals surface area contributed by atoms with Crippen LogP contribution in [0.2, 0.25) is 0 Å². The van der Waals surface area contributed by atoms with Gasteiger partial charge in [-0.1, -0.05) is 0 Å². The second kappa shape index (κ2) is 16.9. The number of rotatable bonds is 16. The fourth-order valence-corrected chi connectivity index (χ4v) is 10.9. The molecule has 0 N–H and O–H groups in total. The van der Waals surface area contributed by atoms with Crippen molar-refractivity contribution >= 4 is 37.1 Å². The van der Waals surface area contributed by atoms with E-state index in [1.165, 1.54) is 0 Å². The van der Waals surface area contributed by atoms with Crippen molar-refractivity contribution in [3.05, 3.63) is 48.5 Å². The molecule has 1 fully saturated rings. The Morgan fingerprint density at radius 2 is 0.706 bits per heavy atom. The van der Waals surface area contributed by atoms with Crippen LogP contribution in [0.3, 0.4) is 0 Å². The fourth-order valence-electron chi connectivity index (χ4n) is 5.77. The van der Waals surface area contributed by atoms with E-state index in [1.54, 1.807) is 56.9 Å². The minimum absolute atomic E-state index is 0.399. The maximum absolute atomic E-state index is 6.73. The standard InChI is InChI=1S/C35H44N4O10P2/c1-35(2)48-21(19-50(23-11-15-27(40-3)36-31(23)44-7)24-12-16-28(41-4)37-32(24)45-8)22(49-35)20-51(25-13-17-29(42-5)38-33(25)46-9)26-14-18-30(43-6)39-34(26)47-10/h11-18,21-22H,19-20H2,1-10H3/t21-,22-/m0/s1. The number of hydrogen-bond acceptors (Lipinski definition) is 14. The molecule has 14 nitrogen and oxygen atoms in total. The summed E-state index contributed by atoms with van der Waals surface area (Å²) in [7, 11) is 10.1. The Labute approximate surface area is 300 Å². The van der Waals surface area contributed by atoms with Gasteiger partial charge >= 0.3 is 0 Å². The Kier molecular flexibility index (Phi) is 12.6. The van der Waals surface area contributed by atoms with Crippen LogP contribution in [0.4, 0.5) is 0 Å². The van der Waals surface area contributed by atoms with E-state index in [2.05, 4.69) is 19.9 Å². The zero-order valence-electron chi connectivity index (χ0n) is 30.5. The minimum Gasteiger partial charge on any atom is -0.481 e. The summed E-state index contributed by atoms with van der Waals surface area (Å²) in [5.41, 5.74) is 0. The molecule has 0 bridgehead atoms. The van der Waals surface area contributed by atoms with Gasteiger partial charge in [0.25, 0.3) is 0 Å². The number of ether oxygens (including phenoxy) is 10. The van der Waals surface area contributed by atoms with Crippen LogP contribution >= 0.6 is 15.8 Å². The summed E-state index contributed by atoms with van der Waals surface area (Å²) in [4.78, 5) is 18.5. The van der Waals surface area contributed by atoms with Crippen molar-refractivity contribution in [3.63, 3.8) is 0 Å². The number of aromatic nitrogens is 4. The zero-order chi connectivity index (χ0) is 36.7. The molecule has 51 heavy (non-hydrogen) atoms. The van der Waals surface area contributed by atoms with Crippen LogP contribution in [0.25, 0.3) is 0 Å². The molecule has 16 heteroatoms. The van der Waals surface area contributed by atoms with Gasteiger partial charge in [0, 0.05) is 57.8 Å². The molecule has 4 aromatic heterocycles. The van der Waals surface area contributed by atoms with Crippen LogP contribution in [0.15, 0.2) is 48.5 Å². The highest BCUT2D eigenvalue weighted by Crippen LogP contribution is 2.48. The van der Waals surface area contributed by atoms with Gasteiger partial charge < -0.3 is 47.4 Å². The highest BCUT2D eigenvalue weighted by molar-refractivity contribution is 7.74. The lowest BCUT2D eigenvalue weighted by molar-refractivity contribution is -0.142. The quantitative estimate of drug-likeness (QED) is 0.155. The van der Waals surface area contributed by atoms with E-state index in [-0.39, 0.29) is 0 Å². The van der Waals surface area contributed by atoms with Crippen LogP contribution in [0, 0.1) is 0 Å². The first-order chi connectivity index (χ1) is 24.6. The van der Waals surface area contributed by atoms with Crippen LogP contribution < -0.4 is 59.1 Å². The summed E-state index contributed by atoms with van der Waals surface area (Å²) in [5.74, 6) is 2.54. The van der Waals surface area contributed by atoms with Crippen molar-refractivity contribution in [1.82, 2.24) is 19.9 Å². The van der Waals surface area contributed by atoms with Gasteiger partial charge in [-0.25, -0.2) is 0 Å². The number of pyridine rings is 4. The summed E-state index contributed by atoms with van der Waals surface area (Å²) >= 11 is 0. The first-order valence-electron chi connectivity index (χ1n) is 15.9. The van der Waals surface area contributed by atoms with E-state index in [1.807, 2.05) is 62.4 Å². The second-order valence-electron chi connectivity index (χ2n) is 11.5. The summed E-state index contributed by atoms with van der Waals surface area (Å²) < 4.78 is 58.4. The van der Waals surface area contributed by atoms with Crippen LogP contribution in [-0.2, 0) is 9.47 Å². The molecule has 0 aromatic carbocycles. The second-order valence-corrected chi connectivity index (χ2v) is 15.8. The normalized spacial score (nSPS) is 16.5. The van der Waals surface area contributed by atoms with Gasteiger partial charge in [-0.3, -0.25) is 0 Å². The number of methoxy groups -OCH3 is 8. The highest BCUT2D eigenvalue weighted by atomic mass is 31.1. The van der Waals surface area contributed by atoms with Gasteiger partial charge in [0.05, 0.1) is 69.1 Å². The SMILES string of the molecule is COc1ccc(P(C[C@@H]2OC(C)(C)O[C@H]2CP(c2ccc(OC)nc2OC)c2ccc(OC)nc2OC)c2ccc(OC)nc2OC)c(OC)n1. The van der Waals surface area contributed by atoms with E-state index < -0.39 is 33.8 Å². The van der Waals surface area contributed by atoms with Crippen LogP contribution in [-0.4, -0.2) is 107 Å². The molecule has 1 aliphatic heterocycles. The van der Waals surface area contributed by atoms with E-state index >= 15 is 0 Å². The third-order valence-corrected chi connectivity index (χ3v) is 13.2. The molecule has 5 heterocycles. The fraction of sp³-hybridized carbons (Fsp3) is 0.429. The lowest BCUT2D eigenvalue weighted by atomic mass is 10.3. The molecule has 0 radical (unpaired) electrons. The monoisotopic (exact) mass is 742 g/mol. The molecule has 1 aliphatic rings. The summed E-state index contributed by atoms with van der Waals surface area (Å²) in [5, 5.41) is 3.43. The number of nitrogens with zero attached hydrogens (tertiary/aromatic N) is 4.